The van der Waals surface area contributed by atoms with Gasteiger partial charge in [-0.2, -0.15) is 0 Å². The molecular weight excluding hydrogens is 350 g/mol. The van der Waals surface area contributed by atoms with Crippen LogP contribution in [0.15, 0.2) is 34.1 Å². The third-order valence-corrected chi connectivity index (χ3v) is 4.83. The topological polar surface area (TPSA) is 30.5 Å². The monoisotopic (exact) mass is 369 g/mol. The highest BCUT2D eigenvalue weighted by atomic mass is 79.9. The van der Waals surface area contributed by atoms with Gasteiger partial charge in [0.2, 0.25) is 0 Å². The zero-order valence-electron chi connectivity index (χ0n) is 12.5. The van der Waals surface area contributed by atoms with Crippen LogP contribution in [0.1, 0.15) is 29.8 Å². The zero-order chi connectivity index (χ0) is 15.2. The van der Waals surface area contributed by atoms with Crippen molar-refractivity contribution in [3.8, 4) is 11.5 Å². The van der Waals surface area contributed by atoms with Crippen LogP contribution in [0.25, 0.3) is 0 Å². The first-order chi connectivity index (χ1) is 10.2. The second-order valence-electron chi connectivity index (χ2n) is 4.63. The van der Waals surface area contributed by atoms with E-state index in [-0.39, 0.29) is 6.04 Å². The summed E-state index contributed by atoms with van der Waals surface area (Å²) in [6.07, 6.45) is 1.08. The van der Waals surface area contributed by atoms with Crippen LogP contribution in [0.2, 0.25) is 0 Å². The summed E-state index contributed by atoms with van der Waals surface area (Å²) in [5, 5.41) is 5.66. The third-order valence-electron chi connectivity index (χ3n) is 3.25. The maximum atomic E-state index is 5.48. The van der Waals surface area contributed by atoms with Gasteiger partial charge in [0.05, 0.1) is 29.6 Å². The number of hydrogen-bond acceptors (Lipinski definition) is 4. The van der Waals surface area contributed by atoms with E-state index in [9.17, 15) is 0 Å². The number of hydrogen-bond donors (Lipinski definition) is 1. The number of ether oxygens (including phenoxy) is 2. The Hall–Kier alpha value is -1.04. The van der Waals surface area contributed by atoms with Crippen LogP contribution in [-0.2, 0) is 0 Å². The van der Waals surface area contributed by atoms with Crippen LogP contribution in [-0.4, -0.2) is 20.8 Å². The van der Waals surface area contributed by atoms with Gasteiger partial charge >= 0.3 is 0 Å². The first-order valence-corrected chi connectivity index (χ1v) is 8.56. The maximum Gasteiger partial charge on any atom is 0.134 e. The highest BCUT2D eigenvalue weighted by Crippen LogP contribution is 2.37. The van der Waals surface area contributed by atoms with Crippen molar-refractivity contribution < 1.29 is 9.47 Å². The summed E-state index contributed by atoms with van der Waals surface area (Å²) in [5.74, 6) is 1.77. The van der Waals surface area contributed by atoms with Crippen LogP contribution in [0.3, 0.4) is 0 Å². The average molecular weight is 370 g/mol. The molecule has 1 aromatic carbocycles. The van der Waals surface area contributed by atoms with Crippen molar-refractivity contribution in [3.63, 3.8) is 0 Å². The fourth-order valence-corrected chi connectivity index (χ4v) is 3.72. The minimum Gasteiger partial charge on any atom is -0.496 e. The van der Waals surface area contributed by atoms with Crippen molar-refractivity contribution >= 4 is 27.3 Å². The lowest BCUT2D eigenvalue weighted by Crippen LogP contribution is -2.22. The van der Waals surface area contributed by atoms with E-state index in [2.05, 4.69) is 45.7 Å². The van der Waals surface area contributed by atoms with Crippen molar-refractivity contribution in [1.82, 2.24) is 5.32 Å². The van der Waals surface area contributed by atoms with Gasteiger partial charge in [-0.25, -0.2) is 0 Å². The lowest BCUT2D eigenvalue weighted by molar-refractivity contribution is 0.406. The average Bonchev–Trinajstić information content (AvgIpc) is 2.96. The van der Waals surface area contributed by atoms with Gasteiger partial charge in [-0.05, 0) is 58.0 Å². The van der Waals surface area contributed by atoms with E-state index in [0.717, 1.165) is 28.9 Å². The van der Waals surface area contributed by atoms with Crippen molar-refractivity contribution in [2.24, 2.45) is 0 Å². The molecule has 1 N–H and O–H groups in total. The van der Waals surface area contributed by atoms with E-state index in [1.54, 1.807) is 25.6 Å². The highest BCUT2D eigenvalue weighted by Gasteiger charge is 2.20. The van der Waals surface area contributed by atoms with Gasteiger partial charge in [0.1, 0.15) is 11.5 Å². The summed E-state index contributed by atoms with van der Waals surface area (Å²) in [7, 11) is 3.39. The van der Waals surface area contributed by atoms with Gasteiger partial charge < -0.3 is 14.8 Å². The van der Waals surface area contributed by atoms with Crippen molar-refractivity contribution in [2.75, 3.05) is 20.8 Å². The molecule has 0 amide bonds. The smallest absolute Gasteiger partial charge is 0.134 e. The highest BCUT2D eigenvalue weighted by molar-refractivity contribution is 9.10. The molecular formula is C16H20BrNO2S. The maximum absolute atomic E-state index is 5.48. The minimum absolute atomic E-state index is 0.127. The molecule has 0 saturated heterocycles. The lowest BCUT2D eigenvalue weighted by atomic mass is 10.0. The standard InChI is InChI=1S/C16H20BrNO2S/c1-4-8-18-15(16-14(20-3)7-9-21-16)11-5-6-13(19-2)12(17)10-11/h5-7,9-10,15,18H,4,8H2,1-3H3. The summed E-state index contributed by atoms with van der Waals surface area (Å²) in [6, 6.07) is 8.32. The van der Waals surface area contributed by atoms with Crippen LogP contribution in [0.5, 0.6) is 11.5 Å². The summed E-state index contributed by atoms with van der Waals surface area (Å²) in [5.41, 5.74) is 1.19. The quantitative estimate of drug-likeness (QED) is 0.772. The van der Waals surface area contributed by atoms with Crippen molar-refractivity contribution in [2.45, 2.75) is 19.4 Å². The van der Waals surface area contributed by atoms with Crippen molar-refractivity contribution in [3.05, 3.63) is 44.6 Å². The molecule has 0 fully saturated rings. The molecule has 21 heavy (non-hydrogen) atoms. The van der Waals surface area contributed by atoms with Crippen LogP contribution in [0, 0.1) is 0 Å². The normalized spacial score (nSPS) is 12.2. The Balaban J connectivity index is 2.38. The summed E-state index contributed by atoms with van der Waals surface area (Å²) >= 11 is 5.27. The number of nitrogens with one attached hydrogen (secondary N) is 1. The third kappa shape index (κ3) is 3.78. The summed E-state index contributed by atoms with van der Waals surface area (Å²) in [6.45, 7) is 3.12. The van der Waals surface area contributed by atoms with Gasteiger partial charge in [0.15, 0.2) is 0 Å². The molecule has 3 nitrogen and oxygen atoms in total. The molecule has 1 unspecified atom stereocenters. The van der Waals surface area contributed by atoms with Gasteiger partial charge in [-0.1, -0.05) is 13.0 Å². The molecule has 114 valence electrons. The second-order valence-corrected chi connectivity index (χ2v) is 6.44. The van der Waals surface area contributed by atoms with Crippen molar-refractivity contribution in [1.29, 1.82) is 0 Å². The van der Waals surface area contributed by atoms with Gasteiger partial charge in [-0.3, -0.25) is 0 Å². The molecule has 0 radical (unpaired) electrons. The first kappa shape index (κ1) is 16.3. The summed E-state index contributed by atoms with van der Waals surface area (Å²) < 4.78 is 11.7. The molecule has 0 spiro atoms. The lowest BCUT2D eigenvalue weighted by Gasteiger charge is -2.20. The second kappa shape index (κ2) is 7.82. The number of halogens is 1. The molecule has 0 saturated carbocycles. The Kier molecular flexibility index (Phi) is 6.08. The Labute approximate surface area is 138 Å². The fourth-order valence-electron chi connectivity index (χ4n) is 2.20. The molecule has 0 bridgehead atoms. The van der Waals surface area contributed by atoms with Gasteiger partial charge in [-0.15, -0.1) is 11.3 Å². The molecule has 2 aromatic rings. The predicted octanol–water partition coefficient (Wildman–Crippen LogP) is 4.62. The van der Waals surface area contributed by atoms with Crippen LogP contribution in [0.4, 0.5) is 0 Å². The van der Waals surface area contributed by atoms with E-state index in [1.165, 1.54) is 10.4 Å². The van der Waals surface area contributed by atoms with E-state index in [4.69, 9.17) is 9.47 Å². The minimum atomic E-state index is 0.127. The molecule has 0 aliphatic heterocycles. The number of benzene rings is 1. The van der Waals surface area contributed by atoms with E-state index in [1.807, 2.05) is 12.1 Å². The van der Waals surface area contributed by atoms with Gasteiger partial charge in [0, 0.05) is 0 Å². The fraction of sp³-hybridized carbons (Fsp3) is 0.375. The molecule has 0 aliphatic carbocycles. The van der Waals surface area contributed by atoms with Crippen LogP contribution >= 0.6 is 27.3 Å². The largest absolute Gasteiger partial charge is 0.496 e. The van der Waals surface area contributed by atoms with E-state index < -0.39 is 0 Å². The zero-order valence-corrected chi connectivity index (χ0v) is 14.9. The molecule has 1 atom stereocenters. The molecule has 1 aromatic heterocycles. The Bertz CT molecular complexity index is 585. The Morgan fingerprint density at radius 1 is 1.19 bits per heavy atom. The Morgan fingerprint density at radius 2 is 1.95 bits per heavy atom. The summed E-state index contributed by atoms with van der Waals surface area (Å²) in [4.78, 5) is 1.20. The van der Waals surface area contributed by atoms with E-state index >= 15 is 0 Å². The molecule has 5 heteroatoms. The molecule has 2 rings (SSSR count). The number of thiophene rings is 1. The number of rotatable bonds is 7. The Morgan fingerprint density at radius 3 is 2.57 bits per heavy atom. The SMILES string of the molecule is CCCNC(c1ccc(OC)c(Br)c1)c1sccc1OC. The predicted molar refractivity (Wildman–Crippen MR) is 91.7 cm³/mol. The molecule has 0 aliphatic rings. The first-order valence-electron chi connectivity index (χ1n) is 6.89. The van der Waals surface area contributed by atoms with Crippen LogP contribution < -0.4 is 14.8 Å². The van der Waals surface area contributed by atoms with Gasteiger partial charge in [0.25, 0.3) is 0 Å². The molecule has 1 heterocycles. The van der Waals surface area contributed by atoms with E-state index in [0.29, 0.717) is 0 Å². The number of methoxy groups -OCH3 is 2.